The number of aromatic amines is 1. The Labute approximate surface area is 91.8 Å². The second-order valence-electron chi connectivity index (χ2n) is 3.28. The van der Waals surface area contributed by atoms with Crippen molar-refractivity contribution in [2.24, 2.45) is 0 Å². The molecule has 0 aliphatic carbocycles. The minimum Gasteiger partial charge on any atom is -0.356 e. The zero-order valence-electron chi connectivity index (χ0n) is 8.10. The van der Waals surface area contributed by atoms with Crippen LogP contribution in [0.1, 0.15) is 12.6 Å². The Balaban J connectivity index is 2.36. The van der Waals surface area contributed by atoms with Crippen LogP contribution in [-0.2, 0) is 6.54 Å². The van der Waals surface area contributed by atoms with E-state index >= 15 is 0 Å². The maximum Gasteiger partial charge on any atom is 0.0600 e. The van der Waals surface area contributed by atoms with E-state index in [4.69, 9.17) is 0 Å². The summed E-state index contributed by atoms with van der Waals surface area (Å²) in [5.41, 5.74) is 2.41. The van der Waals surface area contributed by atoms with Crippen molar-refractivity contribution in [2.45, 2.75) is 13.5 Å². The molecule has 2 rings (SSSR count). The fourth-order valence-electron chi connectivity index (χ4n) is 1.53. The predicted octanol–water partition coefficient (Wildman–Crippen LogP) is 3.04. The van der Waals surface area contributed by atoms with Crippen LogP contribution in [0.25, 0.3) is 10.9 Å². The van der Waals surface area contributed by atoms with Crippen molar-refractivity contribution in [2.75, 3.05) is 6.54 Å². The maximum absolute atomic E-state index is 3.53. The molecule has 3 heteroatoms. The Morgan fingerprint density at radius 2 is 2.29 bits per heavy atom. The van der Waals surface area contributed by atoms with Crippen molar-refractivity contribution < 1.29 is 0 Å². The highest BCUT2D eigenvalue weighted by Gasteiger charge is 2.02. The summed E-state index contributed by atoms with van der Waals surface area (Å²) in [5, 5.41) is 4.56. The van der Waals surface area contributed by atoms with Crippen molar-refractivity contribution in [1.82, 2.24) is 10.3 Å². The second-order valence-corrected chi connectivity index (χ2v) is 4.13. The van der Waals surface area contributed by atoms with Gasteiger partial charge in [0.1, 0.15) is 0 Å². The van der Waals surface area contributed by atoms with E-state index in [9.17, 15) is 0 Å². The second kappa shape index (κ2) is 4.15. The van der Waals surface area contributed by atoms with E-state index < -0.39 is 0 Å². The van der Waals surface area contributed by atoms with Gasteiger partial charge in [-0.2, -0.15) is 0 Å². The normalized spacial score (nSPS) is 11.0. The number of hydrogen-bond acceptors (Lipinski definition) is 1. The standard InChI is InChI=1S/C11H13BrN2/c1-2-13-7-9-6-8-4-3-5-10(12)11(8)14-9/h3-6,13-14H,2,7H2,1H3. The lowest BCUT2D eigenvalue weighted by atomic mass is 10.2. The van der Waals surface area contributed by atoms with Crippen molar-refractivity contribution in [3.8, 4) is 0 Å². The van der Waals surface area contributed by atoms with Crippen LogP contribution in [0.4, 0.5) is 0 Å². The van der Waals surface area contributed by atoms with Crippen molar-refractivity contribution >= 4 is 26.8 Å². The number of fused-ring (bicyclic) bond motifs is 1. The van der Waals surface area contributed by atoms with Crippen molar-refractivity contribution in [3.63, 3.8) is 0 Å². The number of halogens is 1. The van der Waals surface area contributed by atoms with E-state index in [0.717, 1.165) is 17.6 Å². The number of aromatic nitrogens is 1. The summed E-state index contributed by atoms with van der Waals surface area (Å²) in [7, 11) is 0. The highest BCUT2D eigenvalue weighted by atomic mass is 79.9. The monoisotopic (exact) mass is 252 g/mol. The molecule has 2 aromatic rings. The Kier molecular flexibility index (Phi) is 2.89. The van der Waals surface area contributed by atoms with E-state index in [2.05, 4.69) is 57.4 Å². The quantitative estimate of drug-likeness (QED) is 0.864. The lowest BCUT2D eigenvalue weighted by Crippen LogP contribution is -2.11. The smallest absolute Gasteiger partial charge is 0.0600 e. The summed E-state index contributed by atoms with van der Waals surface area (Å²) in [6, 6.07) is 8.40. The first kappa shape index (κ1) is 9.74. The lowest BCUT2D eigenvalue weighted by Gasteiger charge is -1.96. The molecule has 0 unspecified atom stereocenters. The van der Waals surface area contributed by atoms with Gasteiger partial charge in [0.25, 0.3) is 0 Å². The average molecular weight is 253 g/mol. The van der Waals surface area contributed by atoms with Crippen LogP contribution in [0.2, 0.25) is 0 Å². The molecule has 1 aromatic carbocycles. The minimum atomic E-state index is 0.900. The predicted molar refractivity (Wildman–Crippen MR) is 63.4 cm³/mol. The summed E-state index contributed by atoms with van der Waals surface area (Å²) < 4.78 is 1.12. The summed E-state index contributed by atoms with van der Waals surface area (Å²) in [6.07, 6.45) is 0. The molecule has 0 atom stereocenters. The lowest BCUT2D eigenvalue weighted by molar-refractivity contribution is 0.715. The molecule has 0 spiro atoms. The topological polar surface area (TPSA) is 27.8 Å². The summed E-state index contributed by atoms with van der Waals surface area (Å²) >= 11 is 3.53. The third kappa shape index (κ3) is 1.83. The largest absolute Gasteiger partial charge is 0.356 e. The molecule has 1 aromatic heterocycles. The van der Waals surface area contributed by atoms with E-state index in [1.807, 2.05) is 0 Å². The van der Waals surface area contributed by atoms with Gasteiger partial charge in [0, 0.05) is 22.1 Å². The molecule has 0 aliphatic heterocycles. The molecule has 2 nitrogen and oxygen atoms in total. The summed E-state index contributed by atoms with van der Waals surface area (Å²) in [5.74, 6) is 0. The molecule has 0 radical (unpaired) electrons. The van der Waals surface area contributed by atoms with Gasteiger partial charge in [0.2, 0.25) is 0 Å². The molecule has 0 saturated heterocycles. The van der Waals surface area contributed by atoms with E-state index in [0.29, 0.717) is 0 Å². The molecule has 74 valence electrons. The SMILES string of the molecule is CCNCc1cc2cccc(Br)c2[nH]1. The summed E-state index contributed by atoms with van der Waals surface area (Å²) in [6.45, 7) is 4.01. The van der Waals surface area contributed by atoms with Crippen LogP contribution >= 0.6 is 15.9 Å². The van der Waals surface area contributed by atoms with Gasteiger partial charge in [-0.3, -0.25) is 0 Å². The highest BCUT2D eigenvalue weighted by molar-refractivity contribution is 9.10. The molecule has 1 heterocycles. The van der Waals surface area contributed by atoms with Gasteiger partial charge in [-0.25, -0.2) is 0 Å². The van der Waals surface area contributed by atoms with Gasteiger partial charge in [-0.1, -0.05) is 19.1 Å². The molecule has 0 bridgehead atoms. The van der Waals surface area contributed by atoms with Crippen molar-refractivity contribution in [3.05, 3.63) is 34.4 Å². The Morgan fingerprint density at radius 1 is 1.43 bits per heavy atom. The maximum atomic E-state index is 3.53. The van der Waals surface area contributed by atoms with E-state index in [1.54, 1.807) is 0 Å². The first-order valence-electron chi connectivity index (χ1n) is 4.78. The average Bonchev–Trinajstić information content (AvgIpc) is 2.59. The van der Waals surface area contributed by atoms with Crippen LogP contribution < -0.4 is 5.32 Å². The number of rotatable bonds is 3. The summed E-state index contributed by atoms with van der Waals surface area (Å²) in [4.78, 5) is 3.39. The van der Waals surface area contributed by atoms with Crippen LogP contribution in [0.3, 0.4) is 0 Å². The van der Waals surface area contributed by atoms with Gasteiger partial charge >= 0.3 is 0 Å². The molecular weight excluding hydrogens is 240 g/mol. The van der Waals surface area contributed by atoms with Crippen LogP contribution in [0, 0.1) is 0 Å². The molecule has 0 aliphatic rings. The van der Waals surface area contributed by atoms with Crippen LogP contribution in [0.15, 0.2) is 28.7 Å². The number of para-hydroxylation sites is 1. The minimum absolute atomic E-state index is 0.900. The molecule has 14 heavy (non-hydrogen) atoms. The van der Waals surface area contributed by atoms with Gasteiger partial charge in [0.15, 0.2) is 0 Å². The van der Waals surface area contributed by atoms with Gasteiger partial charge in [0.05, 0.1) is 5.52 Å². The molecule has 2 N–H and O–H groups in total. The Bertz CT molecular complexity index is 434. The number of nitrogens with one attached hydrogen (secondary N) is 2. The first-order chi connectivity index (χ1) is 6.81. The first-order valence-corrected chi connectivity index (χ1v) is 5.57. The molecule has 0 saturated carbocycles. The fourth-order valence-corrected chi connectivity index (χ4v) is 2.01. The Morgan fingerprint density at radius 3 is 3.00 bits per heavy atom. The van der Waals surface area contributed by atoms with E-state index in [1.165, 1.54) is 16.6 Å². The molecule has 0 amide bonds. The van der Waals surface area contributed by atoms with Gasteiger partial charge in [-0.15, -0.1) is 0 Å². The van der Waals surface area contributed by atoms with Gasteiger partial charge < -0.3 is 10.3 Å². The molecule has 0 fully saturated rings. The zero-order chi connectivity index (χ0) is 9.97. The van der Waals surface area contributed by atoms with Crippen LogP contribution in [-0.4, -0.2) is 11.5 Å². The van der Waals surface area contributed by atoms with Crippen molar-refractivity contribution in [1.29, 1.82) is 0 Å². The third-order valence-corrected chi connectivity index (χ3v) is 2.89. The van der Waals surface area contributed by atoms with Crippen LogP contribution in [0.5, 0.6) is 0 Å². The fraction of sp³-hybridized carbons (Fsp3) is 0.273. The zero-order valence-corrected chi connectivity index (χ0v) is 9.69. The Hall–Kier alpha value is -0.800. The molecular formula is C11H13BrN2. The number of H-pyrrole nitrogens is 1. The van der Waals surface area contributed by atoms with E-state index in [-0.39, 0.29) is 0 Å². The highest BCUT2D eigenvalue weighted by Crippen LogP contribution is 2.23. The third-order valence-electron chi connectivity index (χ3n) is 2.23. The van der Waals surface area contributed by atoms with Gasteiger partial charge in [-0.05, 0) is 34.6 Å². The number of benzene rings is 1. The number of hydrogen-bond donors (Lipinski definition) is 2.